The molecule has 2 aliphatic rings. The van der Waals surface area contributed by atoms with Crippen LogP contribution in [0.3, 0.4) is 0 Å². The van der Waals surface area contributed by atoms with E-state index < -0.39 is 5.97 Å². The van der Waals surface area contributed by atoms with E-state index in [0.717, 1.165) is 19.3 Å². The monoisotopic (exact) mass is 371 g/mol. The zero-order valence-electron chi connectivity index (χ0n) is 15.1. The molecule has 2 heterocycles. The van der Waals surface area contributed by atoms with Gasteiger partial charge in [-0.1, -0.05) is 30.4 Å². The van der Waals surface area contributed by atoms with Gasteiger partial charge in [0.25, 0.3) is 0 Å². The van der Waals surface area contributed by atoms with Crippen LogP contribution in [0.2, 0.25) is 0 Å². The van der Waals surface area contributed by atoms with E-state index >= 15 is 0 Å². The fourth-order valence-electron chi connectivity index (χ4n) is 3.77. The molecule has 3 N–H and O–H groups in total. The fourth-order valence-corrected chi connectivity index (χ4v) is 3.77. The Balaban J connectivity index is 1.48. The number of hydrogen-bond acceptors (Lipinski definition) is 4. The van der Waals surface area contributed by atoms with Crippen LogP contribution in [0.25, 0.3) is 0 Å². The van der Waals surface area contributed by atoms with Crippen molar-refractivity contribution >= 4 is 23.9 Å². The Kier molecular flexibility index (Phi) is 6.59. The minimum absolute atomic E-state index is 0.148. The molecule has 7 heteroatoms. The highest BCUT2D eigenvalue weighted by Crippen LogP contribution is 2.44. The molecule has 144 valence electrons. The summed E-state index contributed by atoms with van der Waals surface area (Å²) < 4.78 is 6.00. The third kappa shape index (κ3) is 5.40. The van der Waals surface area contributed by atoms with Gasteiger partial charge in [-0.05, 0) is 43.7 Å². The number of amides is 2. The van der Waals surface area contributed by atoms with E-state index in [0.29, 0.717) is 18.0 Å². The Labute approximate surface area is 158 Å². The molecule has 0 aliphatic carbocycles. The molecule has 4 atom stereocenters. The second kappa shape index (κ2) is 9.32. The molecule has 0 unspecified atom stereocenters. The number of ether oxygens (including phenoxy) is 1. The van der Waals surface area contributed by atoms with Gasteiger partial charge >= 0.3 is 12.0 Å². The molecule has 0 saturated carbocycles. The summed E-state index contributed by atoms with van der Waals surface area (Å²) in [6.45, 7) is 0. The number of fused-ring (bicyclic) bond motifs is 2. The number of para-hydroxylation sites is 1. The van der Waals surface area contributed by atoms with Crippen LogP contribution < -0.4 is 10.7 Å². The lowest BCUT2D eigenvalue weighted by Crippen LogP contribution is -2.30. The number of anilines is 1. The maximum Gasteiger partial charge on any atom is 0.339 e. The molecule has 27 heavy (non-hydrogen) atoms. The van der Waals surface area contributed by atoms with Crippen molar-refractivity contribution in [1.29, 1.82) is 0 Å². The van der Waals surface area contributed by atoms with E-state index in [-0.39, 0.29) is 30.6 Å². The van der Waals surface area contributed by atoms with Crippen LogP contribution in [-0.4, -0.2) is 35.5 Å². The summed E-state index contributed by atoms with van der Waals surface area (Å²) in [4.78, 5) is 22.5. The molecular formula is C20H25N3O4. The van der Waals surface area contributed by atoms with Gasteiger partial charge in [-0.2, -0.15) is 5.10 Å². The normalized spacial score (nSPS) is 26.7. The Morgan fingerprint density at radius 3 is 2.74 bits per heavy atom. The number of aliphatic carboxylic acids is 1. The van der Waals surface area contributed by atoms with Crippen LogP contribution in [0, 0.1) is 11.8 Å². The number of nitrogens with zero attached hydrogens (tertiary/aromatic N) is 1. The molecule has 7 nitrogen and oxygen atoms in total. The molecule has 2 bridgehead atoms. The number of urea groups is 1. The van der Waals surface area contributed by atoms with Crippen molar-refractivity contribution < 1.29 is 19.4 Å². The number of rotatable bonds is 8. The van der Waals surface area contributed by atoms with Crippen molar-refractivity contribution in [2.24, 2.45) is 16.9 Å². The van der Waals surface area contributed by atoms with Crippen LogP contribution in [0.1, 0.15) is 32.1 Å². The van der Waals surface area contributed by atoms with E-state index in [1.54, 1.807) is 18.3 Å². The van der Waals surface area contributed by atoms with Crippen LogP contribution in [0.4, 0.5) is 10.5 Å². The van der Waals surface area contributed by atoms with Gasteiger partial charge in [0.1, 0.15) is 0 Å². The average molecular weight is 371 g/mol. The molecule has 2 amide bonds. The van der Waals surface area contributed by atoms with Gasteiger partial charge < -0.3 is 15.2 Å². The summed E-state index contributed by atoms with van der Waals surface area (Å²) in [5, 5.41) is 15.5. The summed E-state index contributed by atoms with van der Waals surface area (Å²) in [6, 6.07) is 8.80. The van der Waals surface area contributed by atoms with E-state index in [4.69, 9.17) is 9.84 Å². The highest BCUT2D eigenvalue weighted by atomic mass is 16.5. The second-order valence-corrected chi connectivity index (χ2v) is 6.88. The standard InChI is InChI=1S/C20H25N3O4/c24-19(25)10-6-2-5-9-15-16(18-12-11-17(15)27-18)13-21-23-20(26)22-14-7-3-1-4-8-14/h1-5,7-8,13,15-18H,6,9-12H2,(H,24,25)(H2,22,23,26)/b5-2-,21-13+/t15-,16+,17+,18-/m0/s1. The van der Waals surface area contributed by atoms with Gasteiger partial charge in [0.2, 0.25) is 0 Å². The Morgan fingerprint density at radius 1 is 1.19 bits per heavy atom. The summed E-state index contributed by atoms with van der Waals surface area (Å²) >= 11 is 0. The number of carbonyl (C=O) groups excluding carboxylic acids is 1. The third-order valence-corrected chi connectivity index (χ3v) is 5.03. The third-order valence-electron chi connectivity index (χ3n) is 5.03. The van der Waals surface area contributed by atoms with Crippen LogP contribution in [-0.2, 0) is 9.53 Å². The fraction of sp³-hybridized carbons (Fsp3) is 0.450. The zero-order valence-corrected chi connectivity index (χ0v) is 15.1. The molecular weight excluding hydrogens is 346 g/mol. The zero-order chi connectivity index (χ0) is 19.1. The lowest BCUT2D eigenvalue weighted by molar-refractivity contribution is -0.136. The molecule has 1 aromatic carbocycles. The van der Waals surface area contributed by atoms with Crippen LogP contribution in [0.15, 0.2) is 47.6 Å². The SMILES string of the molecule is O=C(O)CC/C=C\C[C@H]1[C@@H](/C=N/NC(=O)Nc2ccccc2)[C@@H]2CC[C@H]1O2. The molecule has 1 aromatic rings. The van der Waals surface area contributed by atoms with Crippen LogP contribution in [0.5, 0.6) is 0 Å². The molecule has 0 aromatic heterocycles. The summed E-state index contributed by atoms with van der Waals surface area (Å²) in [5.74, 6) is -0.315. The Morgan fingerprint density at radius 2 is 1.96 bits per heavy atom. The smallest absolute Gasteiger partial charge is 0.339 e. The van der Waals surface area contributed by atoms with Crippen molar-refractivity contribution in [3.8, 4) is 0 Å². The van der Waals surface area contributed by atoms with Gasteiger partial charge in [0.15, 0.2) is 0 Å². The van der Waals surface area contributed by atoms with Crippen molar-refractivity contribution in [3.63, 3.8) is 0 Å². The van der Waals surface area contributed by atoms with Gasteiger partial charge in [0, 0.05) is 24.2 Å². The number of hydrogen-bond donors (Lipinski definition) is 3. The first-order valence-electron chi connectivity index (χ1n) is 9.31. The minimum Gasteiger partial charge on any atom is -0.481 e. The van der Waals surface area contributed by atoms with E-state index in [1.165, 1.54) is 0 Å². The number of carboxylic acids is 1. The number of allylic oxidation sites excluding steroid dienone is 2. The first-order chi connectivity index (χ1) is 13.1. The second-order valence-electron chi connectivity index (χ2n) is 6.88. The number of carboxylic acid groups (broad SMARTS) is 1. The molecule has 0 spiro atoms. The van der Waals surface area contributed by atoms with Gasteiger partial charge in [-0.3, -0.25) is 4.79 Å². The highest BCUT2D eigenvalue weighted by Gasteiger charge is 2.47. The van der Waals surface area contributed by atoms with Crippen LogP contribution >= 0.6 is 0 Å². The maximum atomic E-state index is 11.9. The largest absolute Gasteiger partial charge is 0.481 e. The Bertz CT molecular complexity index is 704. The lowest BCUT2D eigenvalue weighted by atomic mass is 9.78. The highest BCUT2D eigenvalue weighted by molar-refractivity contribution is 5.89. The minimum atomic E-state index is -0.784. The average Bonchev–Trinajstić information content (AvgIpc) is 3.24. The van der Waals surface area contributed by atoms with Crippen molar-refractivity contribution in [2.45, 2.75) is 44.3 Å². The topological polar surface area (TPSA) is 100 Å². The summed E-state index contributed by atoms with van der Waals surface area (Å²) in [6.07, 6.45) is 9.67. The molecule has 2 fully saturated rings. The van der Waals surface area contributed by atoms with E-state index in [9.17, 15) is 9.59 Å². The van der Waals surface area contributed by atoms with Gasteiger partial charge in [-0.15, -0.1) is 0 Å². The van der Waals surface area contributed by atoms with Crippen molar-refractivity contribution in [2.75, 3.05) is 5.32 Å². The van der Waals surface area contributed by atoms with Crippen molar-refractivity contribution in [3.05, 3.63) is 42.5 Å². The van der Waals surface area contributed by atoms with Gasteiger partial charge in [-0.25, -0.2) is 10.2 Å². The van der Waals surface area contributed by atoms with E-state index in [2.05, 4.69) is 15.8 Å². The Hall–Kier alpha value is -2.67. The maximum absolute atomic E-state index is 11.9. The quantitative estimate of drug-likeness (QED) is 0.370. The number of benzene rings is 1. The van der Waals surface area contributed by atoms with Crippen molar-refractivity contribution in [1.82, 2.24) is 5.43 Å². The lowest BCUT2D eigenvalue weighted by Gasteiger charge is -2.23. The predicted octanol–water partition coefficient (Wildman–Crippen LogP) is 3.40. The molecule has 0 radical (unpaired) electrons. The molecule has 2 saturated heterocycles. The number of nitrogens with one attached hydrogen (secondary N) is 2. The molecule has 2 aliphatic heterocycles. The van der Waals surface area contributed by atoms with Gasteiger partial charge in [0.05, 0.1) is 12.2 Å². The summed E-state index contributed by atoms with van der Waals surface area (Å²) in [7, 11) is 0. The summed E-state index contributed by atoms with van der Waals surface area (Å²) in [5.41, 5.74) is 3.21. The van der Waals surface area contributed by atoms with E-state index in [1.807, 2.05) is 30.4 Å². The first-order valence-corrected chi connectivity index (χ1v) is 9.31. The predicted molar refractivity (Wildman–Crippen MR) is 103 cm³/mol. The molecule has 3 rings (SSSR count). The number of hydrazone groups is 1. The first kappa shape index (κ1) is 19.1. The number of carbonyl (C=O) groups is 2.